The molecule has 33 heavy (non-hydrogen) atoms. The van der Waals surface area contributed by atoms with Gasteiger partial charge in [0.15, 0.2) is 0 Å². The summed E-state index contributed by atoms with van der Waals surface area (Å²) in [6.45, 7) is 1.60. The zero-order valence-corrected chi connectivity index (χ0v) is 18.1. The van der Waals surface area contributed by atoms with Crippen LogP contribution in [0.2, 0.25) is 0 Å². The number of rotatable bonds is 8. The maximum Gasteiger partial charge on any atom is 0.251 e. The van der Waals surface area contributed by atoms with Gasteiger partial charge >= 0.3 is 0 Å². The number of benzene rings is 1. The van der Waals surface area contributed by atoms with Gasteiger partial charge in [-0.1, -0.05) is 6.07 Å². The van der Waals surface area contributed by atoms with Crippen LogP contribution in [0.4, 0.5) is 19.0 Å². The van der Waals surface area contributed by atoms with Crippen molar-refractivity contribution < 1.29 is 18.0 Å². The molecule has 1 aliphatic carbocycles. The molecule has 1 aliphatic rings. The van der Waals surface area contributed by atoms with Crippen LogP contribution in [0.25, 0.3) is 11.3 Å². The molecule has 3 aromatic rings. The number of pyridine rings is 1. The fraction of sp³-hybridized carbons (Fsp3) is 0.333. The standard InChI is InChI=1S/C24H24F3N5O/c1-15-3-2-9-28-22(15)24(12-17(26)13-24)14-30-21-7-6-20(31-32-21)18-11-16(4-5-19(18)27)23(33)29-10-8-25/h2-7,9,11,17H,8,10,12-14H2,1H3,(H,29,33)(H,30,32). The number of aromatic nitrogens is 3. The molecular formula is C24H24F3N5O. The molecule has 6 nitrogen and oxygen atoms in total. The molecule has 1 saturated carbocycles. The second-order valence-corrected chi connectivity index (χ2v) is 8.25. The number of carbonyl (C=O) groups excluding carboxylic acids is 1. The number of alkyl halides is 2. The topological polar surface area (TPSA) is 79.8 Å². The molecule has 2 N–H and O–H groups in total. The molecule has 1 aromatic carbocycles. The summed E-state index contributed by atoms with van der Waals surface area (Å²) in [4.78, 5) is 16.5. The summed E-state index contributed by atoms with van der Waals surface area (Å²) in [6.07, 6.45) is 1.61. The van der Waals surface area contributed by atoms with E-state index < -0.39 is 30.0 Å². The Kier molecular flexibility index (Phi) is 6.57. The van der Waals surface area contributed by atoms with Gasteiger partial charge in [0.05, 0.1) is 11.4 Å². The van der Waals surface area contributed by atoms with E-state index in [-0.39, 0.29) is 23.4 Å². The van der Waals surface area contributed by atoms with Crippen LogP contribution < -0.4 is 10.6 Å². The Morgan fingerprint density at radius 1 is 1.18 bits per heavy atom. The van der Waals surface area contributed by atoms with E-state index in [9.17, 15) is 18.0 Å². The minimum Gasteiger partial charge on any atom is -0.368 e. The Hall–Kier alpha value is -3.49. The number of carbonyl (C=O) groups is 1. The highest BCUT2D eigenvalue weighted by Crippen LogP contribution is 2.45. The fourth-order valence-corrected chi connectivity index (χ4v) is 4.21. The molecule has 0 spiro atoms. The number of nitrogens with one attached hydrogen (secondary N) is 2. The molecule has 172 valence electrons. The smallest absolute Gasteiger partial charge is 0.251 e. The van der Waals surface area contributed by atoms with Gasteiger partial charge in [-0.05, 0) is 61.7 Å². The van der Waals surface area contributed by atoms with Crippen molar-refractivity contribution in [3.63, 3.8) is 0 Å². The monoisotopic (exact) mass is 455 g/mol. The molecule has 0 atom stereocenters. The van der Waals surface area contributed by atoms with Crippen LogP contribution in [0.5, 0.6) is 0 Å². The van der Waals surface area contributed by atoms with E-state index in [0.717, 1.165) is 17.3 Å². The van der Waals surface area contributed by atoms with Gasteiger partial charge in [0, 0.05) is 35.8 Å². The average molecular weight is 455 g/mol. The van der Waals surface area contributed by atoms with Crippen LogP contribution in [0.3, 0.4) is 0 Å². The van der Waals surface area contributed by atoms with Crippen molar-refractivity contribution in [1.82, 2.24) is 20.5 Å². The van der Waals surface area contributed by atoms with E-state index in [1.807, 2.05) is 19.1 Å². The summed E-state index contributed by atoms with van der Waals surface area (Å²) in [6, 6.07) is 10.9. The zero-order valence-electron chi connectivity index (χ0n) is 18.1. The van der Waals surface area contributed by atoms with Gasteiger partial charge in [-0.25, -0.2) is 13.2 Å². The van der Waals surface area contributed by atoms with Crippen molar-refractivity contribution in [2.45, 2.75) is 31.4 Å². The lowest BCUT2D eigenvalue weighted by Crippen LogP contribution is -2.48. The van der Waals surface area contributed by atoms with Gasteiger partial charge in [-0.15, -0.1) is 10.2 Å². The maximum atomic E-state index is 14.4. The second kappa shape index (κ2) is 9.56. The lowest BCUT2D eigenvalue weighted by atomic mass is 9.64. The predicted molar refractivity (Wildman–Crippen MR) is 119 cm³/mol. The SMILES string of the molecule is Cc1cccnc1C1(CNc2ccc(-c3cc(C(=O)NCCF)ccc3F)nn2)CC(F)C1. The van der Waals surface area contributed by atoms with Gasteiger partial charge in [0.2, 0.25) is 0 Å². The van der Waals surface area contributed by atoms with Crippen LogP contribution in [0.1, 0.15) is 34.5 Å². The predicted octanol–water partition coefficient (Wildman–Crippen LogP) is 4.17. The summed E-state index contributed by atoms with van der Waals surface area (Å²) in [5.74, 6) is -0.590. The Bertz CT molecular complexity index is 1130. The Balaban J connectivity index is 1.49. The van der Waals surface area contributed by atoms with Crippen LogP contribution in [-0.4, -0.2) is 47.0 Å². The van der Waals surface area contributed by atoms with Crippen molar-refractivity contribution in [3.05, 3.63) is 71.3 Å². The molecule has 0 unspecified atom stereocenters. The van der Waals surface area contributed by atoms with Crippen LogP contribution in [-0.2, 0) is 5.41 Å². The molecule has 9 heteroatoms. The normalized spacial score (nSPS) is 19.6. The van der Waals surface area contributed by atoms with Crippen LogP contribution >= 0.6 is 0 Å². The molecular weight excluding hydrogens is 431 g/mol. The number of aryl methyl sites for hydroxylation is 1. The highest BCUT2D eigenvalue weighted by atomic mass is 19.1. The first-order valence-corrected chi connectivity index (χ1v) is 10.7. The summed E-state index contributed by atoms with van der Waals surface area (Å²) in [5.41, 5.74) is 2.03. The average Bonchev–Trinajstić information content (AvgIpc) is 2.80. The third-order valence-electron chi connectivity index (χ3n) is 5.89. The molecule has 2 aromatic heterocycles. The largest absolute Gasteiger partial charge is 0.368 e. The van der Waals surface area contributed by atoms with Gasteiger partial charge < -0.3 is 10.6 Å². The number of amides is 1. The molecule has 0 saturated heterocycles. The van der Waals surface area contributed by atoms with E-state index in [2.05, 4.69) is 25.8 Å². The van der Waals surface area contributed by atoms with E-state index in [1.165, 1.54) is 12.1 Å². The number of hydrogen-bond acceptors (Lipinski definition) is 5. The summed E-state index contributed by atoms with van der Waals surface area (Å²) >= 11 is 0. The van der Waals surface area contributed by atoms with Crippen LogP contribution in [0.15, 0.2) is 48.7 Å². The molecule has 1 fully saturated rings. The summed E-state index contributed by atoms with van der Waals surface area (Å²) in [5, 5.41) is 13.8. The van der Waals surface area contributed by atoms with Crippen molar-refractivity contribution in [1.29, 1.82) is 0 Å². The zero-order chi connectivity index (χ0) is 23.4. The molecule has 2 heterocycles. The van der Waals surface area contributed by atoms with E-state index in [0.29, 0.717) is 25.2 Å². The Labute approximate surface area is 189 Å². The quantitative estimate of drug-likeness (QED) is 0.533. The second-order valence-electron chi connectivity index (χ2n) is 8.25. The van der Waals surface area contributed by atoms with Crippen molar-refractivity contribution in [2.24, 2.45) is 0 Å². The van der Waals surface area contributed by atoms with Crippen molar-refractivity contribution in [3.8, 4) is 11.3 Å². The van der Waals surface area contributed by atoms with Crippen LogP contribution in [0, 0.1) is 12.7 Å². The van der Waals surface area contributed by atoms with E-state index in [1.54, 1.807) is 18.3 Å². The van der Waals surface area contributed by atoms with Gasteiger partial charge in [-0.2, -0.15) is 0 Å². The first-order chi connectivity index (χ1) is 15.9. The number of nitrogens with zero attached hydrogens (tertiary/aromatic N) is 3. The minimum atomic E-state index is -0.862. The number of hydrogen-bond donors (Lipinski definition) is 2. The van der Waals surface area contributed by atoms with Gasteiger partial charge in [-0.3, -0.25) is 9.78 Å². The summed E-state index contributed by atoms with van der Waals surface area (Å²) < 4.78 is 40.5. The highest BCUT2D eigenvalue weighted by Gasteiger charge is 2.47. The van der Waals surface area contributed by atoms with Crippen molar-refractivity contribution in [2.75, 3.05) is 25.1 Å². The first kappa shape index (κ1) is 22.7. The Morgan fingerprint density at radius 2 is 2.00 bits per heavy atom. The number of halogens is 3. The minimum absolute atomic E-state index is 0.113. The number of anilines is 1. The Morgan fingerprint density at radius 3 is 2.67 bits per heavy atom. The fourth-order valence-electron chi connectivity index (χ4n) is 4.21. The first-order valence-electron chi connectivity index (χ1n) is 10.7. The third kappa shape index (κ3) is 4.81. The molecule has 0 bridgehead atoms. The lowest BCUT2D eigenvalue weighted by molar-refractivity contribution is 0.0950. The molecule has 0 aliphatic heterocycles. The molecule has 1 amide bonds. The highest BCUT2D eigenvalue weighted by molar-refractivity contribution is 5.95. The van der Waals surface area contributed by atoms with E-state index in [4.69, 9.17) is 0 Å². The van der Waals surface area contributed by atoms with Crippen molar-refractivity contribution >= 4 is 11.7 Å². The lowest BCUT2D eigenvalue weighted by Gasteiger charge is -2.44. The van der Waals surface area contributed by atoms with Gasteiger partial charge in [0.25, 0.3) is 5.91 Å². The maximum absolute atomic E-state index is 14.4. The third-order valence-corrected chi connectivity index (χ3v) is 5.89. The summed E-state index contributed by atoms with van der Waals surface area (Å²) in [7, 11) is 0. The van der Waals surface area contributed by atoms with E-state index >= 15 is 0 Å². The molecule has 4 rings (SSSR count). The molecule has 0 radical (unpaired) electrons. The van der Waals surface area contributed by atoms with Gasteiger partial charge in [0.1, 0.15) is 24.5 Å².